The van der Waals surface area contributed by atoms with Crippen LogP contribution in [-0.2, 0) is 42.8 Å². The minimum Gasteiger partial charge on any atom is -0.388 e. The van der Waals surface area contributed by atoms with Crippen LogP contribution < -0.4 is 5.32 Å². The Morgan fingerprint density at radius 3 is 2.26 bits per heavy atom. The van der Waals surface area contributed by atoms with Crippen LogP contribution in [0.4, 0.5) is 0 Å². The summed E-state index contributed by atoms with van der Waals surface area (Å²) in [5, 5.41) is 23.4. The molecule has 3 amide bonds. The van der Waals surface area contributed by atoms with Gasteiger partial charge in [-0.05, 0) is 18.8 Å². The van der Waals surface area contributed by atoms with Crippen molar-refractivity contribution in [3.8, 4) is 0 Å². The molecule has 3 aliphatic heterocycles. The van der Waals surface area contributed by atoms with Crippen molar-refractivity contribution in [2.45, 2.75) is 62.7 Å². The predicted octanol–water partition coefficient (Wildman–Crippen LogP) is -1.42. The van der Waals surface area contributed by atoms with Crippen molar-refractivity contribution in [2.75, 3.05) is 66.0 Å². The normalized spacial score (nSPS) is 33.1. The standard InChI is InChI=1S/C25H40N2O11/c1-16(28)26-20-21(30)22(31)25(15-37-24(20)38-25)14-36-12-11-35-10-9-34-8-7-33-6-5-27-19(29)13-18(23(27)32)17-3-2-4-17/h17-18,20-22,24,30-31H,2-15H2,1H3,(H,26,28)/t18?,20-,21+,22+,24-,25-/m0/s1. The number of imide groups is 1. The SMILES string of the molecule is CC(=O)N[C@@H]1[C@H]2OC[C@](COCCOCCOCCOCCN3C(=O)CC(C4CCC4)C3=O)(O2)[C@H](O)[C@@H]1O. The number of likely N-dealkylation sites (tertiary alicyclic amines) is 1. The molecule has 0 aromatic carbocycles. The average molecular weight is 545 g/mol. The van der Waals surface area contributed by atoms with E-state index in [-0.39, 0.29) is 50.0 Å². The van der Waals surface area contributed by atoms with Gasteiger partial charge >= 0.3 is 0 Å². The second-order valence-electron chi connectivity index (χ2n) is 10.3. The Kier molecular flexibility index (Phi) is 10.5. The van der Waals surface area contributed by atoms with E-state index in [1.807, 2.05) is 0 Å². The Balaban J connectivity index is 0.974. The quantitative estimate of drug-likeness (QED) is 0.154. The van der Waals surface area contributed by atoms with Gasteiger partial charge in [0.25, 0.3) is 0 Å². The highest BCUT2D eigenvalue weighted by Crippen LogP contribution is 2.39. The first-order chi connectivity index (χ1) is 18.3. The number of hydrogen-bond acceptors (Lipinski definition) is 11. The van der Waals surface area contributed by atoms with Gasteiger partial charge in [-0.25, -0.2) is 0 Å². The molecule has 3 heterocycles. The van der Waals surface area contributed by atoms with Crippen molar-refractivity contribution in [1.82, 2.24) is 10.2 Å². The smallest absolute Gasteiger partial charge is 0.233 e. The van der Waals surface area contributed by atoms with Crippen molar-refractivity contribution in [3.63, 3.8) is 0 Å². The number of rotatable bonds is 16. The average Bonchev–Trinajstić information content (AvgIpc) is 3.37. The molecule has 4 rings (SSSR count). The van der Waals surface area contributed by atoms with E-state index in [1.165, 1.54) is 11.8 Å². The molecule has 4 fully saturated rings. The number of aliphatic hydroxyl groups is 2. The fraction of sp³-hybridized carbons (Fsp3) is 0.880. The molecular weight excluding hydrogens is 504 g/mol. The fourth-order valence-electron chi connectivity index (χ4n) is 5.29. The van der Waals surface area contributed by atoms with E-state index in [2.05, 4.69) is 5.32 Å². The van der Waals surface area contributed by atoms with E-state index in [0.717, 1.165) is 19.3 Å². The molecule has 6 atom stereocenters. The summed E-state index contributed by atoms with van der Waals surface area (Å²) >= 11 is 0. The van der Waals surface area contributed by atoms with Crippen LogP contribution in [-0.4, -0.2) is 129 Å². The van der Waals surface area contributed by atoms with Gasteiger partial charge in [-0.15, -0.1) is 0 Å². The largest absolute Gasteiger partial charge is 0.388 e. The van der Waals surface area contributed by atoms with Gasteiger partial charge in [0.2, 0.25) is 17.7 Å². The highest BCUT2D eigenvalue weighted by Gasteiger charge is 2.59. The van der Waals surface area contributed by atoms with E-state index in [9.17, 15) is 24.6 Å². The lowest BCUT2D eigenvalue weighted by Crippen LogP contribution is -2.66. The zero-order valence-corrected chi connectivity index (χ0v) is 21.9. The van der Waals surface area contributed by atoms with Gasteiger partial charge in [-0.3, -0.25) is 19.3 Å². The third-order valence-electron chi connectivity index (χ3n) is 7.66. The molecule has 3 saturated heterocycles. The van der Waals surface area contributed by atoms with E-state index < -0.39 is 30.1 Å². The van der Waals surface area contributed by atoms with E-state index >= 15 is 0 Å². The molecular formula is C25H40N2O11. The molecule has 0 aromatic heterocycles. The molecule has 13 heteroatoms. The van der Waals surface area contributed by atoms with Gasteiger partial charge < -0.3 is 44.0 Å². The molecule has 1 unspecified atom stereocenters. The summed E-state index contributed by atoms with van der Waals surface area (Å²) in [6.07, 6.45) is 0.207. The predicted molar refractivity (Wildman–Crippen MR) is 129 cm³/mol. The zero-order valence-electron chi connectivity index (χ0n) is 21.9. The Labute approximate surface area is 222 Å². The van der Waals surface area contributed by atoms with E-state index in [0.29, 0.717) is 52.0 Å². The summed E-state index contributed by atoms with van der Waals surface area (Å²) < 4.78 is 33.3. The molecule has 0 radical (unpaired) electrons. The fourth-order valence-corrected chi connectivity index (χ4v) is 5.29. The molecule has 2 bridgehead atoms. The molecule has 3 N–H and O–H groups in total. The Morgan fingerprint density at radius 1 is 1.03 bits per heavy atom. The van der Waals surface area contributed by atoms with E-state index in [4.69, 9.17) is 28.4 Å². The van der Waals surface area contributed by atoms with Crippen LogP contribution in [0, 0.1) is 11.8 Å². The van der Waals surface area contributed by atoms with Gasteiger partial charge in [0, 0.05) is 13.3 Å². The third kappa shape index (κ3) is 6.89. The van der Waals surface area contributed by atoms with Crippen molar-refractivity contribution in [1.29, 1.82) is 0 Å². The highest BCUT2D eigenvalue weighted by molar-refractivity contribution is 6.03. The van der Waals surface area contributed by atoms with Crippen LogP contribution in [0.2, 0.25) is 0 Å². The number of hydrogen-bond donors (Lipinski definition) is 3. The van der Waals surface area contributed by atoms with Crippen LogP contribution in [0.25, 0.3) is 0 Å². The summed E-state index contributed by atoms with van der Waals surface area (Å²) in [7, 11) is 0. The molecule has 0 spiro atoms. The first-order valence-electron chi connectivity index (χ1n) is 13.4. The third-order valence-corrected chi connectivity index (χ3v) is 7.66. The van der Waals surface area contributed by atoms with Crippen LogP contribution in [0.5, 0.6) is 0 Å². The van der Waals surface area contributed by atoms with Gasteiger partial charge in [0.05, 0.1) is 71.9 Å². The monoisotopic (exact) mass is 544 g/mol. The molecule has 216 valence electrons. The van der Waals surface area contributed by atoms with Crippen LogP contribution in [0.3, 0.4) is 0 Å². The maximum absolute atomic E-state index is 12.4. The maximum atomic E-state index is 12.4. The van der Waals surface area contributed by atoms with Gasteiger partial charge in [0.15, 0.2) is 6.29 Å². The number of amides is 3. The number of fused-ring (bicyclic) bond motifs is 2. The first kappa shape index (κ1) is 29.3. The van der Waals surface area contributed by atoms with Crippen molar-refractivity contribution < 1.29 is 53.0 Å². The number of carbonyl (C=O) groups excluding carboxylic acids is 3. The number of ether oxygens (including phenoxy) is 6. The number of nitrogens with zero attached hydrogens (tertiary/aromatic N) is 1. The lowest BCUT2D eigenvalue weighted by molar-refractivity contribution is -0.238. The molecule has 0 aromatic rings. The lowest BCUT2D eigenvalue weighted by atomic mass is 9.75. The number of nitrogens with one attached hydrogen (secondary N) is 1. The summed E-state index contributed by atoms with van der Waals surface area (Å²) in [5.74, 6) is -0.247. The van der Waals surface area contributed by atoms with Crippen molar-refractivity contribution in [2.24, 2.45) is 11.8 Å². The lowest BCUT2D eigenvalue weighted by Gasteiger charge is -2.42. The topological polar surface area (TPSA) is 162 Å². The molecule has 13 nitrogen and oxygen atoms in total. The number of carbonyl (C=O) groups is 3. The van der Waals surface area contributed by atoms with Crippen LogP contribution in [0.1, 0.15) is 32.6 Å². The van der Waals surface area contributed by atoms with E-state index in [1.54, 1.807) is 0 Å². The molecule has 4 aliphatic rings. The Bertz CT molecular complexity index is 825. The molecule has 38 heavy (non-hydrogen) atoms. The zero-order chi connectivity index (χ0) is 27.1. The van der Waals surface area contributed by atoms with Gasteiger partial charge in [0.1, 0.15) is 23.9 Å². The van der Waals surface area contributed by atoms with Crippen molar-refractivity contribution in [3.05, 3.63) is 0 Å². The minimum absolute atomic E-state index is 0.00156. The van der Waals surface area contributed by atoms with Crippen molar-refractivity contribution >= 4 is 17.7 Å². The number of aliphatic hydroxyl groups excluding tert-OH is 2. The van der Waals surface area contributed by atoms with Crippen LogP contribution >= 0.6 is 0 Å². The minimum atomic E-state index is -1.28. The second kappa shape index (κ2) is 13.6. The second-order valence-corrected chi connectivity index (χ2v) is 10.3. The summed E-state index contributed by atoms with van der Waals surface area (Å²) in [4.78, 5) is 37.2. The maximum Gasteiger partial charge on any atom is 0.233 e. The van der Waals surface area contributed by atoms with Gasteiger partial charge in [-0.1, -0.05) is 6.42 Å². The Morgan fingerprint density at radius 2 is 1.66 bits per heavy atom. The summed E-state index contributed by atoms with van der Waals surface area (Å²) in [6.45, 7) is 3.92. The molecule has 1 aliphatic carbocycles. The van der Waals surface area contributed by atoms with Crippen LogP contribution in [0.15, 0.2) is 0 Å². The summed E-state index contributed by atoms with van der Waals surface area (Å²) in [5.41, 5.74) is -1.20. The summed E-state index contributed by atoms with van der Waals surface area (Å²) in [6, 6.07) is -0.852. The Hall–Kier alpha value is -1.71. The highest BCUT2D eigenvalue weighted by atomic mass is 16.8. The van der Waals surface area contributed by atoms with Gasteiger partial charge in [-0.2, -0.15) is 0 Å². The first-order valence-corrected chi connectivity index (χ1v) is 13.4. The molecule has 1 saturated carbocycles.